The van der Waals surface area contributed by atoms with Crippen LogP contribution in [-0.4, -0.2) is 55.2 Å². The Labute approximate surface area is 212 Å². The SMILES string of the molecule is C[C@@H]1[C@H](NC(=O)c2ccc(-c3ncco3)cc2)CCCN1c1cnc(C(N)=O)c(Nc2cnn(C)c2)n1. The van der Waals surface area contributed by atoms with Gasteiger partial charge in [-0.1, -0.05) is 0 Å². The van der Waals surface area contributed by atoms with E-state index in [9.17, 15) is 9.59 Å². The van der Waals surface area contributed by atoms with Crippen LogP contribution in [0.25, 0.3) is 11.5 Å². The van der Waals surface area contributed by atoms with Gasteiger partial charge in [0.2, 0.25) is 5.89 Å². The second-order valence-electron chi connectivity index (χ2n) is 8.89. The van der Waals surface area contributed by atoms with E-state index in [1.807, 2.05) is 19.1 Å². The molecule has 1 fully saturated rings. The van der Waals surface area contributed by atoms with Crippen molar-refractivity contribution >= 4 is 29.1 Å². The lowest BCUT2D eigenvalue weighted by Crippen LogP contribution is -2.54. The number of hydrogen-bond acceptors (Lipinski definition) is 9. The van der Waals surface area contributed by atoms with Crippen molar-refractivity contribution in [3.05, 3.63) is 66.6 Å². The number of hydrogen-bond donors (Lipinski definition) is 3. The largest absolute Gasteiger partial charge is 0.445 e. The van der Waals surface area contributed by atoms with Crippen molar-refractivity contribution in [1.29, 1.82) is 0 Å². The molecule has 1 saturated heterocycles. The van der Waals surface area contributed by atoms with E-state index in [-0.39, 0.29) is 29.5 Å². The van der Waals surface area contributed by atoms with Gasteiger partial charge < -0.3 is 25.7 Å². The van der Waals surface area contributed by atoms with Crippen molar-refractivity contribution in [2.75, 3.05) is 16.8 Å². The Morgan fingerprint density at radius 1 is 1.16 bits per heavy atom. The molecule has 0 radical (unpaired) electrons. The third kappa shape index (κ3) is 5.13. The second-order valence-corrected chi connectivity index (χ2v) is 8.89. The topological polar surface area (TPSA) is 157 Å². The lowest BCUT2D eigenvalue weighted by molar-refractivity contribution is 0.0923. The highest BCUT2D eigenvalue weighted by Gasteiger charge is 2.31. The molecule has 4 heterocycles. The van der Waals surface area contributed by atoms with Crippen LogP contribution >= 0.6 is 0 Å². The molecule has 0 spiro atoms. The van der Waals surface area contributed by atoms with Gasteiger partial charge in [-0.05, 0) is 44.0 Å². The van der Waals surface area contributed by atoms with E-state index in [0.29, 0.717) is 23.0 Å². The summed E-state index contributed by atoms with van der Waals surface area (Å²) in [6, 6.07) is 6.95. The molecule has 37 heavy (non-hydrogen) atoms. The minimum Gasteiger partial charge on any atom is -0.445 e. The monoisotopic (exact) mass is 501 g/mol. The van der Waals surface area contributed by atoms with Crippen LogP contribution < -0.4 is 21.3 Å². The fourth-order valence-corrected chi connectivity index (χ4v) is 4.45. The molecule has 1 aliphatic rings. The Bertz CT molecular complexity index is 1400. The zero-order valence-corrected chi connectivity index (χ0v) is 20.5. The summed E-state index contributed by atoms with van der Waals surface area (Å²) in [4.78, 5) is 40.1. The number of rotatable bonds is 7. The molecule has 4 aromatic rings. The highest BCUT2D eigenvalue weighted by molar-refractivity contribution is 5.96. The summed E-state index contributed by atoms with van der Waals surface area (Å²) >= 11 is 0. The van der Waals surface area contributed by atoms with E-state index < -0.39 is 5.91 Å². The van der Waals surface area contributed by atoms with Crippen LogP contribution in [0.4, 0.5) is 17.3 Å². The maximum atomic E-state index is 13.0. The smallest absolute Gasteiger partial charge is 0.271 e. The molecule has 0 saturated carbocycles. The summed E-state index contributed by atoms with van der Waals surface area (Å²) < 4.78 is 6.94. The molecule has 3 aromatic heterocycles. The highest BCUT2D eigenvalue weighted by Crippen LogP contribution is 2.27. The van der Waals surface area contributed by atoms with Crippen molar-refractivity contribution in [3.63, 3.8) is 0 Å². The van der Waals surface area contributed by atoms with E-state index in [0.717, 1.165) is 24.9 Å². The Morgan fingerprint density at radius 2 is 1.97 bits per heavy atom. The summed E-state index contributed by atoms with van der Waals surface area (Å²) in [5, 5.41) is 10.4. The van der Waals surface area contributed by atoms with Gasteiger partial charge in [0.05, 0.1) is 24.3 Å². The molecule has 0 unspecified atom stereocenters. The van der Waals surface area contributed by atoms with Gasteiger partial charge in [-0.15, -0.1) is 0 Å². The van der Waals surface area contributed by atoms with Gasteiger partial charge in [0.25, 0.3) is 11.8 Å². The Kier molecular flexibility index (Phi) is 6.54. The van der Waals surface area contributed by atoms with Gasteiger partial charge in [-0.25, -0.2) is 15.0 Å². The zero-order chi connectivity index (χ0) is 25.9. The normalized spacial score (nSPS) is 17.4. The highest BCUT2D eigenvalue weighted by atomic mass is 16.3. The minimum absolute atomic E-state index is 0.0373. The Hall–Kier alpha value is -4.74. The van der Waals surface area contributed by atoms with E-state index in [2.05, 4.69) is 35.6 Å². The van der Waals surface area contributed by atoms with Crippen LogP contribution in [0.2, 0.25) is 0 Å². The van der Waals surface area contributed by atoms with Crippen LogP contribution in [0, 0.1) is 0 Å². The molecule has 12 nitrogen and oxygen atoms in total. The first-order valence-electron chi connectivity index (χ1n) is 11.9. The first kappa shape index (κ1) is 24.0. The number of benzene rings is 1. The number of carbonyl (C=O) groups excluding carboxylic acids is 2. The van der Waals surface area contributed by atoms with Gasteiger partial charge in [-0.2, -0.15) is 5.10 Å². The van der Waals surface area contributed by atoms with Crippen molar-refractivity contribution in [1.82, 2.24) is 30.0 Å². The van der Waals surface area contributed by atoms with Gasteiger partial charge in [0.1, 0.15) is 12.1 Å². The maximum Gasteiger partial charge on any atom is 0.271 e. The van der Waals surface area contributed by atoms with Crippen molar-refractivity contribution in [3.8, 4) is 11.5 Å². The average Bonchev–Trinajstić information content (AvgIpc) is 3.57. The third-order valence-corrected chi connectivity index (χ3v) is 6.39. The van der Waals surface area contributed by atoms with E-state index in [1.54, 1.807) is 42.5 Å². The van der Waals surface area contributed by atoms with Crippen LogP contribution in [0.15, 0.2) is 59.7 Å². The van der Waals surface area contributed by atoms with E-state index in [1.165, 1.54) is 12.5 Å². The first-order valence-corrected chi connectivity index (χ1v) is 11.9. The number of aryl methyl sites for hydroxylation is 1. The molecule has 0 aliphatic carbocycles. The standard InChI is InChI=1S/C25H27N9O3/c1-15-19(31-24(36)16-5-7-17(8-6-16)25-27-9-11-37-25)4-3-10-34(15)20-13-28-21(22(26)35)23(32-20)30-18-12-29-33(2)14-18/h5-9,11-15,19H,3-4,10H2,1-2H3,(H2,26,35)(H,30,32)(H,31,36)/t15-,19-/m1/s1. The predicted molar refractivity (Wildman–Crippen MR) is 136 cm³/mol. The number of nitrogens with zero attached hydrogens (tertiary/aromatic N) is 6. The summed E-state index contributed by atoms with van der Waals surface area (Å²) in [5.41, 5.74) is 7.57. The first-order chi connectivity index (χ1) is 17.9. The fraction of sp³-hybridized carbons (Fsp3) is 0.280. The summed E-state index contributed by atoms with van der Waals surface area (Å²) in [6.45, 7) is 2.77. The maximum absolute atomic E-state index is 13.0. The number of anilines is 3. The molecule has 1 aromatic carbocycles. The molecular weight excluding hydrogens is 474 g/mol. The molecule has 2 atom stereocenters. The molecule has 0 bridgehead atoms. The number of primary amides is 1. The number of oxazole rings is 1. The third-order valence-electron chi connectivity index (χ3n) is 6.39. The van der Waals surface area contributed by atoms with Gasteiger partial charge >= 0.3 is 0 Å². The number of carbonyl (C=O) groups is 2. The van der Waals surface area contributed by atoms with E-state index in [4.69, 9.17) is 10.2 Å². The number of piperidine rings is 1. The van der Waals surface area contributed by atoms with Crippen LogP contribution in [-0.2, 0) is 7.05 Å². The van der Waals surface area contributed by atoms with Crippen molar-refractivity contribution < 1.29 is 14.0 Å². The average molecular weight is 502 g/mol. The number of aromatic nitrogens is 5. The molecule has 2 amide bonds. The Morgan fingerprint density at radius 3 is 2.65 bits per heavy atom. The van der Waals surface area contributed by atoms with Crippen LogP contribution in [0.3, 0.4) is 0 Å². The predicted octanol–water partition coefficient (Wildman–Crippen LogP) is 2.49. The molecule has 190 valence electrons. The van der Waals surface area contributed by atoms with Gasteiger partial charge in [0, 0.05) is 43.0 Å². The summed E-state index contributed by atoms with van der Waals surface area (Å²) in [6.07, 6.45) is 9.68. The Balaban J connectivity index is 1.31. The number of amides is 2. The molecule has 5 rings (SSSR count). The fourth-order valence-electron chi connectivity index (χ4n) is 4.45. The lowest BCUT2D eigenvalue weighted by atomic mass is 9.97. The zero-order valence-electron chi connectivity index (χ0n) is 20.5. The summed E-state index contributed by atoms with van der Waals surface area (Å²) in [5.74, 6) is 0.493. The second kappa shape index (κ2) is 10.1. The number of nitrogens with two attached hydrogens (primary N) is 1. The molecular formula is C25H27N9O3. The van der Waals surface area contributed by atoms with Crippen molar-refractivity contribution in [2.24, 2.45) is 12.8 Å². The lowest BCUT2D eigenvalue weighted by Gasteiger charge is -2.40. The minimum atomic E-state index is -0.684. The van der Waals surface area contributed by atoms with Gasteiger partial charge in [-0.3, -0.25) is 14.3 Å². The molecule has 1 aliphatic heterocycles. The summed E-state index contributed by atoms with van der Waals surface area (Å²) in [7, 11) is 1.79. The van der Waals surface area contributed by atoms with Crippen LogP contribution in [0.5, 0.6) is 0 Å². The quantitative estimate of drug-likeness (QED) is 0.346. The van der Waals surface area contributed by atoms with Gasteiger partial charge in [0.15, 0.2) is 11.5 Å². The van der Waals surface area contributed by atoms with Crippen molar-refractivity contribution in [2.45, 2.75) is 31.8 Å². The number of nitrogens with one attached hydrogen (secondary N) is 2. The van der Waals surface area contributed by atoms with Crippen LogP contribution in [0.1, 0.15) is 40.6 Å². The van der Waals surface area contributed by atoms with E-state index >= 15 is 0 Å². The molecule has 4 N–H and O–H groups in total. The molecule has 12 heteroatoms.